The summed E-state index contributed by atoms with van der Waals surface area (Å²) in [5, 5.41) is 1.22. The number of nitrogens with zero attached hydrogens (tertiary/aromatic N) is 2. The lowest BCUT2D eigenvalue weighted by Gasteiger charge is -2.16. The molecule has 0 spiro atoms. The molecule has 0 amide bonds. The SMILES string of the molecule is Cl.NC1CCC2CN(Cc3ncc(-c4ccccc4)s3)CC12. The maximum atomic E-state index is 6.22. The highest BCUT2D eigenvalue weighted by Gasteiger charge is 2.40. The summed E-state index contributed by atoms with van der Waals surface area (Å²) >= 11 is 1.82. The van der Waals surface area contributed by atoms with Crippen molar-refractivity contribution in [1.82, 2.24) is 9.88 Å². The Balaban J connectivity index is 0.00000144. The van der Waals surface area contributed by atoms with Gasteiger partial charge in [-0.05, 0) is 30.2 Å². The Bertz CT molecular complexity index is 615. The number of halogens is 1. The van der Waals surface area contributed by atoms with Gasteiger partial charge in [-0.2, -0.15) is 0 Å². The number of hydrogen-bond acceptors (Lipinski definition) is 4. The molecule has 1 aromatic heterocycles. The summed E-state index contributed by atoms with van der Waals surface area (Å²) < 4.78 is 0. The largest absolute Gasteiger partial charge is 0.327 e. The van der Waals surface area contributed by atoms with Gasteiger partial charge in [-0.25, -0.2) is 4.98 Å². The molecule has 2 N–H and O–H groups in total. The molecule has 22 heavy (non-hydrogen) atoms. The molecule has 2 fully saturated rings. The van der Waals surface area contributed by atoms with Crippen molar-refractivity contribution < 1.29 is 0 Å². The highest BCUT2D eigenvalue weighted by atomic mass is 35.5. The second-order valence-electron chi connectivity index (χ2n) is 6.34. The van der Waals surface area contributed by atoms with Crippen molar-refractivity contribution in [1.29, 1.82) is 0 Å². The number of benzene rings is 1. The molecule has 118 valence electrons. The quantitative estimate of drug-likeness (QED) is 0.934. The number of thiazole rings is 1. The van der Waals surface area contributed by atoms with E-state index in [2.05, 4.69) is 40.2 Å². The fourth-order valence-electron chi connectivity index (χ4n) is 3.84. The summed E-state index contributed by atoms with van der Waals surface area (Å²) in [7, 11) is 0. The smallest absolute Gasteiger partial charge is 0.107 e. The second-order valence-corrected chi connectivity index (χ2v) is 7.46. The van der Waals surface area contributed by atoms with Crippen molar-refractivity contribution in [3.8, 4) is 10.4 Å². The first-order valence-corrected chi connectivity index (χ1v) is 8.59. The zero-order chi connectivity index (χ0) is 14.2. The predicted octanol–water partition coefficient (Wildman–Crippen LogP) is 3.40. The lowest BCUT2D eigenvalue weighted by atomic mass is 9.98. The van der Waals surface area contributed by atoms with Crippen molar-refractivity contribution in [2.24, 2.45) is 17.6 Å². The minimum absolute atomic E-state index is 0. The first-order chi connectivity index (χ1) is 10.3. The third-order valence-electron chi connectivity index (χ3n) is 4.96. The molecule has 0 radical (unpaired) electrons. The summed E-state index contributed by atoms with van der Waals surface area (Å²) in [4.78, 5) is 8.42. The Morgan fingerprint density at radius 2 is 2.00 bits per heavy atom. The number of rotatable bonds is 3. The van der Waals surface area contributed by atoms with Crippen molar-refractivity contribution in [2.75, 3.05) is 13.1 Å². The topological polar surface area (TPSA) is 42.1 Å². The van der Waals surface area contributed by atoms with Crippen molar-refractivity contribution >= 4 is 23.7 Å². The average molecular weight is 336 g/mol. The molecule has 3 atom stereocenters. The normalized spacial score (nSPS) is 27.6. The summed E-state index contributed by atoms with van der Waals surface area (Å²) in [5.74, 6) is 1.55. The molecule has 1 aliphatic heterocycles. The van der Waals surface area contributed by atoms with Gasteiger partial charge in [0.15, 0.2) is 0 Å². The minimum Gasteiger partial charge on any atom is -0.327 e. The molecule has 2 aromatic rings. The van der Waals surface area contributed by atoms with E-state index in [1.807, 2.05) is 17.5 Å². The summed E-state index contributed by atoms with van der Waals surface area (Å²) in [6.45, 7) is 3.35. The lowest BCUT2D eigenvalue weighted by molar-refractivity contribution is 0.298. The molecule has 5 heteroatoms. The predicted molar refractivity (Wildman–Crippen MR) is 94.3 cm³/mol. The van der Waals surface area contributed by atoms with Crippen LogP contribution in [0.5, 0.6) is 0 Å². The van der Waals surface area contributed by atoms with Gasteiger partial charge in [-0.1, -0.05) is 30.3 Å². The third-order valence-corrected chi connectivity index (χ3v) is 5.99. The highest BCUT2D eigenvalue weighted by Crippen LogP contribution is 2.38. The Morgan fingerprint density at radius 3 is 2.77 bits per heavy atom. The van der Waals surface area contributed by atoms with Gasteiger partial charge in [-0.3, -0.25) is 4.90 Å². The van der Waals surface area contributed by atoms with Gasteiger partial charge in [0.2, 0.25) is 0 Å². The zero-order valence-electron chi connectivity index (χ0n) is 12.5. The van der Waals surface area contributed by atoms with Crippen LogP contribution in [0.4, 0.5) is 0 Å². The van der Waals surface area contributed by atoms with Crippen LogP contribution in [-0.4, -0.2) is 29.0 Å². The monoisotopic (exact) mass is 335 g/mol. The van der Waals surface area contributed by atoms with Crippen LogP contribution in [0.25, 0.3) is 10.4 Å². The van der Waals surface area contributed by atoms with Gasteiger partial charge in [0.05, 0.1) is 11.4 Å². The van der Waals surface area contributed by atoms with Crippen molar-refractivity contribution in [3.05, 3.63) is 41.5 Å². The Labute approximate surface area is 142 Å². The van der Waals surface area contributed by atoms with Gasteiger partial charge in [0.25, 0.3) is 0 Å². The van der Waals surface area contributed by atoms with Gasteiger partial charge < -0.3 is 5.73 Å². The maximum absolute atomic E-state index is 6.22. The molecular weight excluding hydrogens is 314 g/mol. The molecule has 1 saturated heterocycles. The van der Waals surface area contributed by atoms with Gasteiger partial charge in [0, 0.05) is 25.3 Å². The van der Waals surface area contributed by atoms with Gasteiger partial charge in [-0.15, -0.1) is 23.7 Å². The van der Waals surface area contributed by atoms with E-state index < -0.39 is 0 Å². The van der Waals surface area contributed by atoms with Crippen LogP contribution in [-0.2, 0) is 6.54 Å². The fraction of sp³-hybridized carbons (Fsp3) is 0.471. The van der Waals surface area contributed by atoms with Crippen LogP contribution in [0, 0.1) is 11.8 Å². The minimum atomic E-state index is 0. The van der Waals surface area contributed by atoms with Gasteiger partial charge in [0.1, 0.15) is 5.01 Å². The molecule has 1 aromatic carbocycles. The summed E-state index contributed by atoms with van der Waals surface area (Å²) in [6.07, 6.45) is 4.55. The molecule has 2 heterocycles. The van der Waals surface area contributed by atoms with E-state index in [0.29, 0.717) is 6.04 Å². The van der Waals surface area contributed by atoms with Crippen LogP contribution in [0.1, 0.15) is 17.8 Å². The molecule has 0 bridgehead atoms. The fourth-order valence-corrected chi connectivity index (χ4v) is 4.81. The van der Waals surface area contributed by atoms with E-state index >= 15 is 0 Å². The number of fused-ring (bicyclic) bond motifs is 1. The molecule has 2 aliphatic rings. The third kappa shape index (κ3) is 3.06. The molecule has 3 nitrogen and oxygen atoms in total. The van der Waals surface area contributed by atoms with Gasteiger partial charge >= 0.3 is 0 Å². The van der Waals surface area contributed by atoms with E-state index in [9.17, 15) is 0 Å². The maximum Gasteiger partial charge on any atom is 0.107 e. The van der Waals surface area contributed by atoms with Crippen LogP contribution < -0.4 is 5.73 Å². The molecule has 1 saturated carbocycles. The number of hydrogen-bond donors (Lipinski definition) is 1. The molecule has 1 aliphatic carbocycles. The van der Waals surface area contributed by atoms with Crippen LogP contribution in [0.15, 0.2) is 36.5 Å². The Kier molecular flexibility index (Phi) is 4.83. The van der Waals surface area contributed by atoms with E-state index in [-0.39, 0.29) is 12.4 Å². The second kappa shape index (κ2) is 6.67. The first-order valence-electron chi connectivity index (χ1n) is 7.77. The van der Waals surface area contributed by atoms with Crippen LogP contribution in [0.2, 0.25) is 0 Å². The lowest BCUT2D eigenvalue weighted by Crippen LogP contribution is -2.30. The van der Waals surface area contributed by atoms with Crippen LogP contribution in [0.3, 0.4) is 0 Å². The molecule has 3 unspecified atom stereocenters. The summed E-state index contributed by atoms with van der Waals surface area (Å²) in [5.41, 5.74) is 7.48. The number of likely N-dealkylation sites (tertiary alicyclic amines) is 1. The zero-order valence-corrected chi connectivity index (χ0v) is 14.2. The number of nitrogens with two attached hydrogens (primary N) is 1. The van der Waals surface area contributed by atoms with Crippen molar-refractivity contribution in [3.63, 3.8) is 0 Å². The van der Waals surface area contributed by atoms with Crippen molar-refractivity contribution in [2.45, 2.75) is 25.4 Å². The molecule has 4 rings (SSSR count). The van der Waals surface area contributed by atoms with Crippen LogP contribution >= 0.6 is 23.7 Å². The van der Waals surface area contributed by atoms with E-state index in [1.165, 1.54) is 34.8 Å². The van der Waals surface area contributed by atoms with E-state index in [4.69, 9.17) is 5.73 Å². The molecular formula is C17H22ClN3S. The number of aromatic nitrogens is 1. The standard InChI is InChI=1S/C17H21N3S.ClH/c18-15-7-6-13-9-20(10-14(13)15)11-17-19-8-16(21-17)12-4-2-1-3-5-12;/h1-5,8,13-15H,6-7,9-11,18H2;1H. The Morgan fingerprint density at radius 1 is 1.18 bits per heavy atom. The first kappa shape index (κ1) is 15.9. The van der Waals surface area contributed by atoms with E-state index in [0.717, 1.165) is 24.9 Å². The van der Waals surface area contributed by atoms with E-state index in [1.54, 1.807) is 0 Å². The average Bonchev–Trinajstić information content (AvgIpc) is 3.19. The summed E-state index contributed by atoms with van der Waals surface area (Å²) in [6, 6.07) is 10.9. The Hall–Kier alpha value is -0.940. The highest BCUT2D eigenvalue weighted by molar-refractivity contribution is 7.15.